The summed E-state index contributed by atoms with van der Waals surface area (Å²) in [6, 6.07) is 0. The van der Waals surface area contributed by atoms with Crippen molar-refractivity contribution in [2.75, 3.05) is 6.54 Å². The summed E-state index contributed by atoms with van der Waals surface area (Å²) in [7, 11) is 0. The van der Waals surface area contributed by atoms with Crippen LogP contribution >= 0.6 is 0 Å². The van der Waals surface area contributed by atoms with Gasteiger partial charge in [0.1, 0.15) is 0 Å². The molecule has 0 aromatic heterocycles. The molecule has 1 fully saturated rings. The Labute approximate surface area is 68.8 Å². The van der Waals surface area contributed by atoms with Crippen molar-refractivity contribution in [1.29, 1.82) is 0 Å². The second-order valence-electron chi connectivity index (χ2n) is 3.87. The highest BCUT2D eigenvalue weighted by atomic mass is 16.3. The molecular weight excluding hydrogens is 138 g/mol. The second kappa shape index (κ2) is 3.11. The van der Waals surface area contributed by atoms with E-state index in [1.54, 1.807) is 0 Å². The van der Waals surface area contributed by atoms with Crippen molar-refractivity contribution in [2.45, 2.75) is 39.2 Å². The molecule has 0 spiro atoms. The summed E-state index contributed by atoms with van der Waals surface area (Å²) in [6.07, 6.45) is 3.31. The van der Waals surface area contributed by atoms with Crippen molar-refractivity contribution < 1.29 is 5.11 Å². The van der Waals surface area contributed by atoms with E-state index >= 15 is 0 Å². The molecule has 2 heteroatoms. The number of hydrogen-bond donors (Lipinski definition) is 2. The van der Waals surface area contributed by atoms with Gasteiger partial charge in [0.05, 0.1) is 6.10 Å². The summed E-state index contributed by atoms with van der Waals surface area (Å²) in [5.41, 5.74) is 5.74. The van der Waals surface area contributed by atoms with Gasteiger partial charge in [-0.3, -0.25) is 0 Å². The first-order valence-corrected chi connectivity index (χ1v) is 4.54. The summed E-state index contributed by atoms with van der Waals surface area (Å²) >= 11 is 0. The van der Waals surface area contributed by atoms with Crippen LogP contribution in [0.3, 0.4) is 0 Å². The Hall–Kier alpha value is -0.0800. The van der Waals surface area contributed by atoms with Gasteiger partial charge in [-0.25, -0.2) is 0 Å². The maximum atomic E-state index is 9.83. The van der Waals surface area contributed by atoms with Gasteiger partial charge in [-0.05, 0) is 37.1 Å². The fraction of sp³-hybridized carbons (Fsp3) is 1.00. The summed E-state index contributed by atoms with van der Waals surface area (Å²) in [6.45, 7) is 4.78. The predicted octanol–water partition coefficient (Wildman–Crippen LogP) is 1.13. The quantitative estimate of drug-likeness (QED) is 0.642. The number of rotatable bonds is 4. The number of hydrogen-bond acceptors (Lipinski definition) is 2. The van der Waals surface area contributed by atoms with Crippen LogP contribution in [0, 0.1) is 11.3 Å². The SMILES string of the molecule is CCC1(C(O)C(C)CN)CC1. The third kappa shape index (κ3) is 1.57. The van der Waals surface area contributed by atoms with Crippen LogP contribution in [-0.4, -0.2) is 17.8 Å². The molecule has 1 saturated carbocycles. The average molecular weight is 157 g/mol. The highest BCUT2D eigenvalue weighted by Gasteiger charge is 2.48. The topological polar surface area (TPSA) is 46.2 Å². The van der Waals surface area contributed by atoms with Crippen LogP contribution in [0.5, 0.6) is 0 Å². The molecule has 66 valence electrons. The van der Waals surface area contributed by atoms with Crippen molar-refractivity contribution in [3.8, 4) is 0 Å². The highest BCUT2D eigenvalue weighted by molar-refractivity contribution is 4.99. The van der Waals surface area contributed by atoms with Crippen LogP contribution in [0.15, 0.2) is 0 Å². The molecule has 0 bridgehead atoms. The Morgan fingerprint density at radius 3 is 2.36 bits per heavy atom. The van der Waals surface area contributed by atoms with Gasteiger partial charge in [-0.2, -0.15) is 0 Å². The maximum absolute atomic E-state index is 9.83. The van der Waals surface area contributed by atoms with Gasteiger partial charge >= 0.3 is 0 Å². The van der Waals surface area contributed by atoms with Gasteiger partial charge in [-0.1, -0.05) is 13.8 Å². The van der Waals surface area contributed by atoms with E-state index in [0.717, 1.165) is 6.42 Å². The lowest BCUT2D eigenvalue weighted by Gasteiger charge is -2.25. The minimum absolute atomic E-state index is 0.169. The van der Waals surface area contributed by atoms with Gasteiger partial charge < -0.3 is 10.8 Å². The largest absolute Gasteiger partial charge is 0.392 e. The van der Waals surface area contributed by atoms with E-state index < -0.39 is 0 Å². The van der Waals surface area contributed by atoms with Crippen molar-refractivity contribution in [2.24, 2.45) is 17.1 Å². The van der Waals surface area contributed by atoms with Crippen molar-refractivity contribution in [3.63, 3.8) is 0 Å². The van der Waals surface area contributed by atoms with Crippen LogP contribution in [0.1, 0.15) is 33.1 Å². The molecule has 0 aliphatic heterocycles. The zero-order valence-corrected chi connectivity index (χ0v) is 7.51. The van der Waals surface area contributed by atoms with Crippen LogP contribution in [0.2, 0.25) is 0 Å². The summed E-state index contributed by atoms with van der Waals surface area (Å²) in [5.74, 6) is 0.262. The molecule has 2 atom stereocenters. The molecule has 1 rings (SSSR count). The summed E-state index contributed by atoms with van der Waals surface area (Å²) < 4.78 is 0. The van der Waals surface area contributed by atoms with E-state index in [1.807, 2.05) is 6.92 Å². The molecule has 2 unspecified atom stereocenters. The highest BCUT2D eigenvalue weighted by Crippen LogP contribution is 2.53. The van der Waals surface area contributed by atoms with E-state index in [9.17, 15) is 5.11 Å². The van der Waals surface area contributed by atoms with Crippen LogP contribution < -0.4 is 5.73 Å². The van der Waals surface area contributed by atoms with E-state index in [-0.39, 0.29) is 17.4 Å². The average Bonchev–Trinajstić information content (AvgIpc) is 2.82. The lowest BCUT2D eigenvalue weighted by Crippen LogP contribution is -2.33. The molecule has 11 heavy (non-hydrogen) atoms. The zero-order valence-electron chi connectivity index (χ0n) is 7.51. The monoisotopic (exact) mass is 157 g/mol. The minimum atomic E-state index is -0.169. The smallest absolute Gasteiger partial charge is 0.0633 e. The maximum Gasteiger partial charge on any atom is 0.0633 e. The van der Waals surface area contributed by atoms with Gasteiger partial charge in [0, 0.05) is 0 Å². The van der Waals surface area contributed by atoms with E-state index in [1.165, 1.54) is 12.8 Å². The van der Waals surface area contributed by atoms with Crippen molar-refractivity contribution >= 4 is 0 Å². The molecule has 0 amide bonds. The fourth-order valence-electron chi connectivity index (χ4n) is 1.75. The number of aliphatic hydroxyl groups excluding tert-OH is 1. The zero-order chi connectivity index (χ0) is 8.48. The molecular formula is C9H19NO. The number of aliphatic hydroxyl groups is 1. The van der Waals surface area contributed by atoms with Gasteiger partial charge in [0.25, 0.3) is 0 Å². The molecule has 0 aromatic carbocycles. The normalized spacial score (nSPS) is 26.2. The molecule has 0 saturated heterocycles. The van der Waals surface area contributed by atoms with Gasteiger partial charge in [0.15, 0.2) is 0 Å². The van der Waals surface area contributed by atoms with Crippen molar-refractivity contribution in [3.05, 3.63) is 0 Å². The van der Waals surface area contributed by atoms with Crippen LogP contribution in [-0.2, 0) is 0 Å². The standard InChI is InChI=1S/C9H19NO/c1-3-9(4-5-9)8(11)7(2)6-10/h7-8,11H,3-6,10H2,1-2H3. The molecule has 2 nitrogen and oxygen atoms in total. The Bertz CT molecular complexity index is 132. The third-order valence-corrected chi connectivity index (χ3v) is 3.13. The first-order chi connectivity index (χ1) is 5.16. The third-order valence-electron chi connectivity index (χ3n) is 3.13. The fourth-order valence-corrected chi connectivity index (χ4v) is 1.75. The first-order valence-electron chi connectivity index (χ1n) is 4.54. The van der Waals surface area contributed by atoms with Gasteiger partial charge in [-0.15, -0.1) is 0 Å². The Morgan fingerprint density at radius 2 is 2.09 bits per heavy atom. The van der Waals surface area contributed by atoms with E-state index in [4.69, 9.17) is 5.73 Å². The lowest BCUT2D eigenvalue weighted by molar-refractivity contribution is 0.0448. The second-order valence-corrected chi connectivity index (χ2v) is 3.87. The molecule has 0 heterocycles. The molecule has 3 N–H and O–H groups in total. The molecule has 0 aromatic rings. The van der Waals surface area contributed by atoms with Crippen LogP contribution in [0.4, 0.5) is 0 Å². The molecule has 0 radical (unpaired) electrons. The molecule has 1 aliphatic rings. The lowest BCUT2D eigenvalue weighted by atomic mass is 9.87. The van der Waals surface area contributed by atoms with Gasteiger partial charge in [0.2, 0.25) is 0 Å². The predicted molar refractivity (Wildman–Crippen MR) is 46.2 cm³/mol. The van der Waals surface area contributed by atoms with Crippen molar-refractivity contribution in [1.82, 2.24) is 0 Å². The number of nitrogens with two attached hydrogens (primary N) is 1. The van der Waals surface area contributed by atoms with E-state index in [2.05, 4.69) is 6.92 Å². The van der Waals surface area contributed by atoms with Crippen LogP contribution in [0.25, 0.3) is 0 Å². The summed E-state index contributed by atoms with van der Waals surface area (Å²) in [4.78, 5) is 0. The Balaban J connectivity index is 2.46. The Kier molecular flexibility index (Phi) is 2.55. The Morgan fingerprint density at radius 1 is 1.55 bits per heavy atom. The summed E-state index contributed by atoms with van der Waals surface area (Å²) in [5, 5.41) is 9.83. The van der Waals surface area contributed by atoms with E-state index in [0.29, 0.717) is 6.54 Å². The molecule has 1 aliphatic carbocycles. The minimum Gasteiger partial charge on any atom is -0.392 e. The first kappa shape index (κ1) is 9.01.